The molecule has 1 N–H and O–H groups in total. The molecule has 1 aromatic rings. The van der Waals surface area contributed by atoms with Crippen molar-refractivity contribution >= 4 is 56.3 Å². The lowest BCUT2D eigenvalue weighted by Gasteiger charge is -2.14. The summed E-state index contributed by atoms with van der Waals surface area (Å²) < 4.78 is 22.8. The predicted molar refractivity (Wildman–Crippen MR) is 104 cm³/mol. The summed E-state index contributed by atoms with van der Waals surface area (Å²) in [5.41, 5.74) is 0.702. The number of thioether (sulfide) groups is 1. The van der Waals surface area contributed by atoms with E-state index >= 15 is 0 Å². The van der Waals surface area contributed by atoms with Crippen LogP contribution in [0.25, 0.3) is 6.08 Å². The van der Waals surface area contributed by atoms with E-state index in [0.29, 0.717) is 17.0 Å². The maximum absolute atomic E-state index is 12.4. The molecule has 0 radical (unpaired) electrons. The first-order valence-electron chi connectivity index (χ1n) is 8.24. The third-order valence-electron chi connectivity index (χ3n) is 4.18. The van der Waals surface area contributed by atoms with Crippen molar-refractivity contribution < 1.29 is 22.8 Å². The fourth-order valence-corrected chi connectivity index (χ4v) is 5.60. The molecule has 2 aliphatic heterocycles. The zero-order chi connectivity index (χ0) is 19.6. The van der Waals surface area contributed by atoms with Crippen LogP contribution in [0.2, 0.25) is 5.02 Å². The van der Waals surface area contributed by atoms with Crippen molar-refractivity contribution in [1.82, 2.24) is 10.2 Å². The number of imide groups is 1. The first-order valence-corrected chi connectivity index (χ1v) is 11.3. The van der Waals surface area contributed by atoms with Crippen LogP contribution in [-0.2, 0) is 19.4 Å². The first-order chi connectivity index (χ1) is 12.7. The monoisotopic (exact) mass is 428 g/mol. The van der Waals surface area contributed by atoms with Gasteiger partial charge in [-0.2, -0.15) is 0 Å². The van der Waals surface area contributed by atoms with Gasteiger partial charge in [-0.1, -0.05) is 23.7 Å². The number of nitrogens with one attached hydrogen (secondary N) is 1. The average molecular weight is 429 g/mol. The maximum atomic E-state index is 12.4. The highest BCUT2D eigenvalue weighted by Gasteiger charge is 2.35. The lowest BCUT2D eigenvalue weighted by molar-refractivity contribution is -0.124. The van der Waals surface area contributed by atoms with Crippen molar-refractivity contribution in [2.24, 2.45) is 0 Å². The van der Waals surface area contributed by atoms with Gasteiger partial charge in [-0.05, 0) is 42.0 Å². The highest BCUT2D eigenvalue weighted by molar-refractivity contribution is 8.18. The van der Waals surface area contributed by atoms with Crippen LogP contribution in [0.15, 0.2) is 29.2 Å². The van der Waals surface area contributed by atoms with Crippen LogP contribution in [-0.4, -0.2) is 54.5 Å². The van der Waals surface area contributed by atoms with Crippen LogP contribution < -0.4 is 5.32 Å². The molecule has 7 nitrogen and oxygen atoms in total. The van der Waals surface area contributed by atoms with Crippen LogP contribution in [0.1, 0.15) is 18.4 Å². The Morgan fingerprint density at radius 3 is 2.81 bits per heavy atom. The summed E-state index contributed by atoms with van der Waals surface area (Å²) in [6.07, 6.45) is 1.90. The Bertz CT molecular complexity index is 929. The lowest BCUT2D eigenvalue weighted by atomic mass is 10.2. The Morgan fingerprint density at radius 2 is 2.15 bits per heavy atom. The number of sulfone groups is 1. The smallest absolute Gasteiger partial charge is 0.293 e. The molecule has 3 rings (SSSR count). The number of benzene rings is 1. The fourth-order valence-electron chi connectivity index (χ4n) is 2.86. The zero-order valence-electron chi connectivity index (χ0n) is 14.2. The highest BCUT2D eigenvalue weighted by atomic mass is 35.5. The largest absolute Gasteiger partial charge is 0.352 e. The topological polar surface area (TPSA) is 101 Å². The summed E-state index contributed by atoms with van der Waals surface area (Å²) >= 11 is 6.73. The molecule has 2 fully saturated rings. The highest BCUT2D eigenvalue weighted by Crippen LogP contribution is 2.32. The first kappa shape index (κ1) is 19.9. The van der Waals surface area contributed by atoms with Gasteiger partial charge in [0.05, 0.1) is 16.4 Å². The molecule has 0 aliphatic carbocycles. The summed E-state index contributed by atoms with van der Waals surface area (Å²) in [5, 5.41) is 2.72. The Balaban J connectivity index is 1.57. The molecule has 10 heteroatoms. The van der Waals surface area contributed by atoms with Gasteiger partial charge in [0.25, 0.3) is 11.1 Å². The van der Waals surface area contributed by atoms with Gasteiger partial charge in [-0.15, -0.1) is 0 Å². The third-order valence-corrected chi connectivity index (χ3v) is 7.09. The number of amides is 3. The Hall–Kier alpha value is -1.84. The van der Waals surface area contributed by atoms with E-state index in [1.165, 1.54) is 0 Å². The minimum Gasteiger partial charge on any atom is -0.352 e. The van der Waals surface area contributed by atoms with Crippen molar-refractivity contribution in [2.45, 2.75) is 18.9 Å². The van der Waals surface area contributed by atoms with Crippen LogP contribution >= 0.6 is 23.4 Å². The quantitative estimate of drug-likeness (QED) is 0.720. The predicted octanol–water partition coefficient (Wildman–Crippen LogP) is 2.07. The van der Waals surface area contributed by atoms with Gasteiger partial charge in [-0.3, -0.25) is 19.3 Å². The molecular weight excluding hydrogens is 412 g/mol. The van der Waals surface area contributed by atoms with Crippen LogP contribution in [0.5, 0.6) is 0 Å². The number of rotatable bonds is 5. The molecule has 0 unspecified atom stereocenters. The molecule has 144 valence electrons. The van der Waals surface area contributed by atoms with E-state index in [9.17, 15) is 22.8 Å². The van der Waals surface area contributed by atoms with E-state index in [2.05, 4.69) is 5.32 Å². The van der Waals surface area contributed by atoms with Gasteiger partial charge in [0.1, 0.15) is 0 Å². The number of nitrogens with zero attached hydrogens (tertiary/aromatic N) is 1. The number of halogens is 1. The van der Waals surface area contributed by atoms with Crippen molar-refractivity contribution in [1.29, 1.82) is 0 Å². The Morgan fingerprint density at radius 1 is 1.37 bits per heavy atom. The molecule has 3 amide bonds. The third kappa shape index (κ3) is 5.12. The molecule has 1 aromatic carbocycles. The molecule has 0 saturated carbocycles. The summed E-state index contributed by atoms with van der Waals surface area (Å²) in [5.74, 6) is -0.839. The average Bonchev–Trinajstić information content (AvgIpc) is 3.05. The Kier molecular flexibility index (Phi) is 5.92. The van der Waals surface area contributed by atoms with Gasteiger partial charge < -0.3 is 5.32 Å². The standard InChI is InChI=1S/C17H17ClN2O5S2/c18-12-3-1-2-11(8-12)9-14-16(22)20(17(23)26-14)6-4-15(21)19-13-5-7-27(24,25)10-13/h1-3,8-9,13H,4-7,10H2,(H,19,21)/b14-9+/t13-/m1/s1. The molecule has 2 heterocycles. The van der Waals surface area contributed by atoms with Gasteiger partial charge in [0.15, 0.2) is 9.84 Å². The summed E-state index contributed by atoms with van der Waals surface area (Å²) in [6, 6.07) is 6.49. The van der Waals surface area contributed by atoms with Gasteiger partial charge in [0.2, 0.25) is 5.91 Å². The normalized spacial score (nSPS) is 23.2. The second-order valence-electron chi connectivity index (χ2n) is 6.31. The van der Waals surface area contributed by atoms with Gasteiger partial charge in [0, 0.05) is 24.0 Å². The summed E-state index contributed by atoms with van der Waals surface area (Å²) in [4.78, 5) is 37.8. The molecule has 0 spiro atoms. The van der Waals surface area contributed by atoms with E-state index < -0.39 is 27.0 Å². The molecule has 0 bridgehead atoms. The van der Waals surface area contributed by atoms with Crippen LogP contribution in [0, 0.1) is 0 Å². The number of carbonyl (C=O) groups is 3. The molecule has 2 saturated heterocycles. The lowest BCUT2D eigenvalue weighted by Crippen LogP contribution is -2.38. The minimum absolute atomic E-state index is 0.0527. The van der Waals surface area contributed by atoms with Crippen molar-refractivity contribution in [3.8, 4) is 0 Å². The molecule has 0 aromatic heterocycles. The molecular formula is C17H17ClN2O5S2. The van der Waals surface area contributed by atoms with E-state index in [-0.39, 0.29) is 35.3 Å². The van der Waals surface area contributed by atoms with Gasteiger partial charge >= 0.3 is 0 Å². The van der Waals surface area contributed by atoms with Crippen molar-refractivity contribution in [3.05, 3.63) is 39.8 Å². The van der Waals surface area contributed by atoms with E-state index in [4.69, 9.17) is 11.6 Å². The maximum Gasteiger partial charge on any atom is 0.293 e. The van der Waals surface area contributed by atoms with Crippen LogP contribution in [0.3, 0.4) is 0 Å². The van der Waals surface area contributed by atoms with E-state index in [1.807, 2.05) is 0 Å². The summed E-state index contributed by atoms with van der Waals surface area (Å²) in [7, 11) is -3.08. The van der Waals surface area contributed by atoms with E-state index in [1.54, 1.807) is 30.3 Å². The summed E-state index contributed by atoms with van der Waals surface area (Å²) in [6.45, 7) is -0.0527. The fraction of sp³-hybridized carbons (Fsp3) is 0.353. The van der Waals surface area contributed by atoms with Gasteiger partial charge in [-0.25, -0.2) is 8.42 Å². The molecule has 1 atom stereocenters. The zero-order valence-corrected chi connectivity index (χ0v) is 16.6. The Labute approximate surface area is 166 Å². The van der Waals surface area contributed by atoms with Crippen LogP contribution in [0.4, 0.5) is 4.79 Å². The number of carbonyl (C=O) groups excluding carboxylic acids is 3. The second kappa shape index (κ2) is 8.04. The minimum atomic E-state index is -3.08. The second-order valence-corrected chi connectivity index (χ2v) is 9.96. The number of hydrogen-bond acceptors (Lipinski definition) is 6. The SMILES string of the molecule is O=C(CCN1C(=O)S/C(=C/c2cccc(Cl)c2)C1=O)N[C@@H]1CCS(=O)(=O)C1. The van der Waals surface area contributed by atoms with E-state index in [0.717, 1.165) is 16.7 Å². The van der Waals surface area contributed by atoms with Crippen molar-refractivity contribution in [3.63, 3.8) is 0 Å². The molecule has 2 aliphatic rings. The van der Waals surface area contributed by atoms with Crippen molar-refractivity contribution in [2.75, 3.05) is 18.1 Å². The molecule has 27 heavy (non-hydrogen) atoms. The number of hydrogen-bond donors (Lipinski definition) is 1.